The molecule has 0 unspecified atom stereocenters. The van der Waals surface area contributed by atoms with E-state index >= 15 is 0 Å². The number of rotatable bonds is 4. The van der Waals surface area contributed by atoms with Gasteiger partial charge in [-0.1, -0.05) is 0 Å². The summed E-state index contributed by atoms with van der Waals surface area (Å²) >= 11 is 0.980. The number of hydrogen-bond donors (Lipinski definition) is 1. The number of thiophene rings is 1. The van der Waals surface area contributed by atoms with Gasteiger partial charge >= 0.3 is 0 Å². The number of halogens is 1. The molecule has 0 fully saturated rings. The Balaban J connectivity index is 2.37. The van der Waals surface area contributed by atoms with E-state index in [2.05, 4.69) is 9.71 Å². The number of nitrogens with zero attached hydrogens (tertiary/aromatic N) is 1. The first-order valence-corrected chi connectivity index (χ1v) is 7.15. The van der Waals surface area contributed by atoms with Crippen LogP contribution in [0.4, 0.5) is 10.2 Å². The van der Waals surface area contributed by atoms with Gasteiger partial charge < -0.3 is 4.74 Å². The van der Waals surface area contributed by atoms with Gasteiger partial charge in [-0.3, -0.25) is 4.72 Å². The Morgan fingerprint density at radius 3 is 2.89 bits per heavy atom. The van der Waals surface area contributed by atoms with E-state index in [9.17, 15) is 12.8 Å². The largest absolute Gasteiger partial charge is 0.494 e. The lowest BCUT2D eigenvalue weighted by Gasteiger charge is -2.07. The third-order valence-electron chi connectivity index (χ3n) is 2.05. The summed E-state index contributed by atoms with van der Waals surface area (Å²) in [6, 6.07) is 4.02. The molecule has 1 N–H and O–H groups in total. The Labute approximate surface area is 107 Å². The number of ether oxygens (including phenoxy) is 1. The number of aromatic nitrogens is 1. The minimum atomic E-state index is -3.89. The first-order chi connectivity index (χ1) is 8.54. The van der Waals surface area contributed by atoms with E-state index < -0.39 is 15.8 Å². The average Bonchev–Trinajstić information content (AvgIpc) is 2.81. The van der Waals surface area contributed by atoms with Crippen molar-refractivity contribution >= 4 is 27.2 Å². The standard InChI is InChI=1S/C10H9FN2O3S2/c1-16-8-4-6-17-10(8)18(14,15)13-9-7(11)3-2-5-12-9/h2-6H,1H3,(H,12,13). The molecule has 0 aliphatic heterocycles. The summed E-state index contributed by atoms with van der Waals surface area (Å²) in [6.45, 7) is 0. The fourth-order valence-electron chi connectivity index (χ4n) is 1.27. The van der Waals surface area contributed by atoms with Crippen molar-refractivity contribution in [3.8, 4) is 5.75 Å². The molecule has 0 aliphatic carbocycles. The van der Waals surface area contributed by atoms with E-state index in [0.717, 1.165) is 17.4 Å². The molecule has 0 aliphatic rings. The summed E-state index contributed by atoms with van der Waals surface area (Å²) in [5.41, 5.74) is 0. The summed E-state index contributed by atoms with van der Waals surface area (Å²) in [5, 5.41) is 1.57. The maximum absolute atomic E-state index is 13.3. The summed E-state index contributed by atoms with van der Waals surface area (Å²) < 4.78 is 44.3. The van der Waals surface area contributed by atoms with Gasteiger partial charge in [0.1, 0.15) is 5.75 Å². The van der Waals surface area contributed by atoms with E-state index in [4.69, 9.17) is 4.74 Å². The molecule has 18 heavy (non-hydrogen) atoms. The Hall–Kier alpha value is -1.67. The number of pyridine rings is 1. The van der Waals surface area contributed by atoms with Crippen molar-refractivity contribution in [1.82, 2.24) is 4.98 Å². The Morgan fingerprint density at radius 2 is 2.22 bits per heavy atom. The molecular weight excluding hydrogens is 279 g/mol. The van der Waals surface area contributed by atoms with Gasteiger partial charge in [-0.15, -0.1) is 11.3 Å². The maximum Gasteiger partial charge on any atom is 0.276 e. The van der Waals surface area contributed by atoms with Gasteiger partial charge in [-0.25, -0.2) is 17.8 Å². The number of sulfonamides is 1. The van der Waals surface area contributed by atoms with Gasteiger partial charge in [-0.2, -0.15) is 0 Å². The van der Waals surface area contributed by atoms with Crippen molar-refractivity contribution in [1.29, 1.82) is 0 Å². The lowest BCUT2D eigenvalue weighted by Crippen LogP contribution is -2.14. The first-order valence-electron chi connectivity index (χ1n) is 4.79. The van der Waals surface area contributed by atoms with Crippen LogP contribution in [-0.2, 0) is 10.0 Å². The van der Waals surface area contributed by atoms with Crippen LogP contribution in [-0.4, -0.2) is 20.5 Å². The Bertz CT molecular complexity index is 655. The van der Waals surface area contributed by atoms with E-state index in [0.29, 0.717) is 0 Å². The number of methoxy groups -OCH3 is 1. The monoisotopic (exact) mass is 288 g/mol. The second kappa shape index (κ2) is 4.91. The second-order valence-electron chi connectivity index (χ2n) is 3.22. The molecule has 2 aromatic rings. The average molecular weight is 288 g/mol. The SMILES string of the molecule is COc1ccsc1S(=O)(=O)Nc1ncccc1F. The summed E-state index contributed by atoms with van der Waals surface area (Å²) in [4.78, 5) is 3.63. The minimum absolute atomic E-state index is 0.0185. The number of anilines is 1. The third-order valence-corrected chi connectivity index (χ3v) is 4.83. The molecule has 5 nitrogen and oxygen atoms in total. The fourth-order valence-corrected chi connectivity index (χ4v) is 3.56. The molecule has 0 aromatic carbocycles. The van der Waals surface area contributed by atoms with Crippen molar-refractivity contribution in [3.05, 3.63) is 35.6 Å². The van der Waals surface area contributed by atoms with Crippen LogP contribution in [0.3, 0.4) is 0 Å². The lowest BCUT2D eigenvalue weighted by atomic mass is 10.4. The molecule has 0 amide bonds. The van der Waals surface area contributed by atoms with Gasteiger partial charge in [0, 0.05) is 6.20 Å². The van der Waals surface area contributed by atoms with Crippen molar-refractivity contribution in [3.63, 3.8) is 0 Å². The van der Waals surface area contributed by atoms with Crippen molar-refractivity contribution in [2.24, 2.45) is 0 Å². The van der Waals surface area contributed by atoms with E-state index in [1.807, 2.05) is 0 Å². The quantitative estimate of drug-likeness (QED) is 0.935. The van der Waals surface area contributed by atoms with Gasteiger partial charge in [0.05, 0.1) is 7.11 Å². The van der Waals surface area contributed by atoms with Crippen LogP contribution in [0.25, 0.3) is 0 Å². The van der Waals surface area contributed by atoms with Crippen LogP contribution in [0.2, 0.25) is 0 Å². The smallest absolute Gasteiger partial charge is 0.276 e. The molecule has 8 heteroatoms. The molecule has 96 valence electrons. The van der Waals surface area contributed by atoms with Crippen molar-refractivity contribution in [2.75, 3.05) is 11.8 Å². The molecule has 0 radical (unpaired) electrons. The van der Waals surface area contributed by atoms with Crippen LogP contribution in [0.5, 0.6) is 5.75 Å². The van der Waals surface area contributed by atoms with Crippen molar-refractivity contribution < 1.29 is 17.5 Å². The van der Waals surface area contributed by atoms with E-state index in [-0.39, 0.29) is 15.8 Å². The molecule has 2 rings (SSSR count). The van der Waals surface area contributed by atoms with Crippen LogP contribution in [0, 0.1) is 5.82 Å². The van der Waals surface area contributed by atoms with Gasteiger partial charge in [0.25, 0.3) is 10.0 Å². The zero-order chi connectivity index (χ0) is 13.2. The normalized spacial score (nSPS) is 11.2. The van der Waals surface area contributed by atoms with E-state index in [1.165, 1.54) is 25.4 Å². The molecule has 0 bridgehead atoms. The zero-order valence-electron chi connectivity index (χ0n) is 9.25. The Kier molecular flexibility index (Phi) is 3.48. The summed E-state index contributed by atoms with van der Waals surface area (Å²) in [5.74, 6) is -0.867. The first kappa shape index (κ1) is 12.8. The lowest BCUT2D eigenvalue weighted by molar-refractivity contribution is 0.406. The van der Waals surface area contributed by atoms with Crippen LogP contribution >= 0.6 is 11.3 Å². The molecule has 2 heterocycles. The number of nitrogens with one attached hydrogen (secondary N) is 1. The highest BCUT2D eigenvalue weighted by molar-refractivity contribution is 7.94. The highest BCUT2D eigenvalue weighted by Crippen LogP contribution is 2.30. The molecule has 0 saturated heterocycles. The second-order valence-corrected chi connectivity index (χ2v) is 6.01. The predicted molar refractivity (Wildman–Crippen MR) is 65.9 cm³/mol. The van der Waals surface area contributed by atoms with Gasteiger partial charge in [0.15, 0.2) is 15.8 Å². The summed E-state index contributed by atoms with van der Waals surface area (Å²) in [6.07, 6.45) is 1.30. The topological polar surface area (TPSA) is 68.3 Å². The maximum atomic E-state index is 13.3. The third kappa shape index (κ3) is 2.44. The molecule has 0 atom stereocenters. The zero-order valence-corrected chi connectivity index (χ0v) is 10.9. The highest BCUT2D eigenvalue weighted by atomic mass is 32.2. The number of hydrogen-bond acceptors (Lipinski definition) is 5. The molecule has 0 saturated carbocycles. The van der Waals surface area contributed by atoms with Gasteiger partial charge in [0.2, 0.25) is 0 Å². The predicted octanol–water partition coefficient (Wildman–Crippen LogP) is 2.09. The van der Waals surface area contributed by atoms with Crippen LogP contribution in [0.1, 0.15) is 0 Å². The molecule has 2 aromatic heterocycles. The van der Waals surface area contributed by atoms with Crippen molar-refractivity contribution in [2.45, 2.75) is 4.21 Å². The summed E-state index contributed by atoms with van der Waals surface area (Å²) in [7, 11) is -2.53. The Morgan fingerprint density at radius 1 is 1.44 bits per heavy atom. The molecular formula is C10H9FN2O3S2. The fraction of sp³-hybridized carbons (Fsp3) is 0.100. The molecule has 0 spiro atoms. The van der Waals surface area contributed by atoms with Gasteiger partial charge in [-0.05, 0) is 23.6 Å². The van der Waals surface area contributed by atoms with Crippen LogP contribution in [0.15, 0.2) is 34.0 Å². The van der Waals surface area contributed by atoms with E-state index in [1.54, 1.807) is 5.38 Å². The van der Waals surface area contributed by atoms with Crippen LogP contribution < -0.4 is 9.46 Å². The highest BCUT2D eigenvalue weighted by Gasteiger charge is 2.22. The minimum Gasteiger partial charge on any atom is -0.494 e.